The minimum absolute atomic E-state index is 0.0310. The number of nitrogens with one attached hydrogen (secondary N) is 2. The number of nitrogens with zero attached hydrogens (tertiary/aromatic N) is 3. The number of para-hydroxylation sites is 1. The Bertz CT molecular complexity index is 951. The van der Waals surface area contributed by atoms with Crippen molar-refractivity contribution in [1.29, 1.82) is 0 Å². The summed E-state index contributed by atoms with van der Waals surface area (Å²) in [6.07, 6.45) is 1.23. The van der Waals surface area contributed by atoms with E-state index in [1.165, 1.54) is 13.4 Å². The fourth-order valence-corrected chi connectivity index (χ4v) is 2.45. The van der Waals surface area contributed by atoms with Gasteiger partial charge in [0.1, 0.15) is 12.1 Å². The summed E-state index contributed by atoms with van der Waals surface area (Å²) in [7, 11) is 1.54. The van der Waals surface area contributed by atoms with Crippen LogP contribution in [0.4, 0.5) is 28.7 Å². The summed E-state index contributed by atoms with van der Waals surface area (Å²) in [5, 5.41) is 17.8. The van der Waals surface area contributed by atoms with Crippen molar-refractivity contribution in [2.45, 2.75) is 0 Å². The van der Waals surface area contributed by atoms with Gasteiger partial charge in [-0.3, -0.25) is 10.1 Å². The molecule has 3 rings (SSSR count). The maximum Gasteiger partial charge on any atom is 0.353 e. The number of ether oxygens (including phenoxy) is 1. The van der Waals surface area contributed by atoms with E-state index in [1.807, 2.05) is 0 Å². The van der Waals surface area contributed by atoms with Gasteiger partial charge in [0, 0.05) is 11.8 Å². The molecular weight excluding hydrogens is 358 g/mol. The van der Waals surface area contributed by atoms with Crippen LogP contribution in [-0.4, -0.2) is 22.0 Å². The molecule has 0 saturated heterocycles. The Labute approximate surface area is 154 Å². The Kier molecular flexibility index (Phi) is 5.14. The molecule has 1 heterocycles. The molecule has 0 saturated carbocycles. The van der Waals surface area contributed by atoms with E-state index in [9.17, 15) is 10.1 Å². The second kappa shape index (κ2) is 7.66. The zero-order valence-corrected chi connectivity index (χ0v) is 14.4. The number of aromatic nitrogens is 2. The standard InChI is InChI=1S/C17H14ClN5O3/c1-26-12-6-4-5-11(9-12)21-16-15(23(24)25)17(20-10-19-16)22-14-8-3-2-7-13(14)18/h2-10H,1H3,(H2,19,20,21,22). The number of hydrogen-bond donors (Lipinski definition) is 2. The Balaban J connectivity index is 1.98. The van der Waals surface area contributed by atoms with Crippen molar-refractivity contribution in [3.8, 4) is 5.75 Å². The van der Waals surface area contributed by atoms with Crippen molar-refractivity contribution >= 4 is 40.3 Å². The fraction of sp³-hybridized carbons (Fsp3) is 0.0588. The van der Waals surface area contributed by atoms with Gasteiger partial charge in [0.15, 0.2) is 0 Å². The Morgan fingerprint density at radius 2 is 1.81 bits per heavy atom. The summed E-state index contributed by atoms with van der Waals surface area (Å²) in [6.45, 7) is 0. The number of anilines is 4. The lowest BCUT2D eigenvalue weighted by Crippen LogP contribution is -2.05. The highest BCUT2D eigenvalue weighted by molar-refractivity contribution is 6.33. The van der Waals surface area contributed by atoms with Crippen LogP contribution in [0.15, 0.2) is 54.9 Å². The van der Waals surface area contributed by atoms with Crippen molar-refractivity contribution in [2.24, 2.45) is 0 Å². The van der Waals surface area contributed by atoms with Crippen molar-refractivity contribution in [1.82, 2.24) is 9.97 Å². The highest BCUT2D eigenvalue weighted by Crippen LogP contribution is 2.34. The van der Waals surface area contributed by atoms with E-state index in [0.717, 1.165) is 0 Å². The minimum Gasteiger partial charge on any atom is -0.497 e. The SMILES string of the molecule is COc1cccc(Nc2ncnc(Nc3ccccc3Cl)c2[N+](=O)[O-])c1. The van der Waals surface area contributed by atoms with Gasteiger partial charge in [0.05, 0.1) is 22.7 Å². The third-order valence-corrected chi connectivity index (χ3v) is 3.79. The van der Waals surface area contributed by atoms with Crippen LogP contribution in [-0.2, 0) is 0 Å². The first-order valence-electron chi connectivity index (χ1n) is 7.50. The summed E-state index contributed by atoms with van der Waals surface area (Å²) in [6, 6.07) is 13.9. The van der Waals surface area contributed by atoms with E-state index >= 15 is 0 Å². The zero-order valence-electron chi connectivity index (χ0n) is 13.6. The van der Waals surface area contributed by atoms with Gasteiger partial charge in [-0.2, -0.15) is 0 Å². The van der Waals surface area contributed by atoms with Gasteiger partial charge in [-0.15, -0.1) is 0 Å². The van der Waals surface area contributed by atoms with Gasteiger partial charge in [-0.05, 0) is 24.3 Å². The maximum absolute atomic E-state index is 11.6. The summed E-state index contributed by atoms with van der Waals surface area (Å²) in [4.78, 5) is 19.0. The minimum atomic E-state index is -0.554. The van der Waals surface area contributed by atoms with Crippen molar-refractivity contribution in [3.05, 3.63) is 70.0 Å². The lowest BCUT2D eigenvalue weighted by Gasteiger charge is -2.11. The van der Waals surface area contributed by atoms with Gasteiger partial charge in [-0.1, -0.05) is 29.8 Å². The van der Waals surface area contributed by atoms with Crippen LogP contribution in [0.5, 0.6) is 5.75 Å². The summed E-state index contributed by atoms with van der Waals surface area (Å²) < 4.78 is 5.15. The molecule has 8 nitrogen and oxygen atoms in total. The Morgan fingerprint density at radius 1 is 1.08 bits per heavy atom. The highest BCUT2D eigenvalue weighted by atomic mass is 35.5. The summed E-state index contributed by atoms with van der Waals surface area (Å²) in [5.74, 6) is 0.692. The molecule has 0 amide bonds. The van der Waals surface area contributed by atoms with Crippen molar-refractivity contribution < 1.29 is 9.66 Å². The molecular formula is C17H14ClN5O3. The number of rotatable bonds is 6. The van der Waals surface area contributed by atoms with E-state index in [-0.39, 0.29) is 17.3 Å². The molecule has 0 aliphatic rings. The first kappa shape index (κ1) is 17.4. The topological polar surface area (TPSA) is 102 Å². The van der Waals surface area contributed by atoms with Gasteiger partial charge in [0.25, 0.3) is 0 Å². The van der Waals surface area contributed by atoms with E-state index in [2.05, 4.69) is 20.6 Å². The fourth-order valence-electron chi connectivity index (χ4n) is 2.26. The largest absolute Gasteiger partial charge is 0.497 e. The third-order valence-electron chi connectivity index (χ3n) is 3.46. The van der Waals surface area contributed by atoms with Crippen LogP contribution >= 0.6 is 11.6 Å². The Morgan fingerprint density at radius 3 is 2.50 bits per heavy atom. The lowest BCUT2D eigenvalue weighted by atomic mass is 10.3. The predicted octanol–water partition coefficient (Wildman–Crippen LogP) is 4.53. The number of nitro groups is 1. The third kappa shape index (κ3) is 3.81. The van der Waals surface area contributed by atoms with Gasteiger partial charge < -0.3 is 15.4 Å². The molecule has 0 unspecified atom stereocenters. The molecule has 2 aromatic carbocycles. The second-order valence-corrected chi connectivity index (χ2v) is 5.55. The molecule has 26 heavy (non-hydrogen) atoms. The highest BCUT2D eigenvalue weighted by Gasteiger charge is 2.23. The normalized spacial score (nSPS) is 10.2. The monoisotopic (exact) mass is 371 g/mol. The average molecular weight is 372 g/mol. The van der Waals surface area contributed by atoms with E-state index in [0.29, 0.717) is 22.1 Å². The van der Waals surface area contributed by atoms with Crippen LogP contribution < -0.4 is 15.4 Å². The van der Waals surface area contributed by atoms with E-state index < -0.39 is 4.92 Å². The van der Waals surface area contributed by atoms with Crippen molar-refractivity contribution in [2.75, 3.05) is 17.7 Å². The number of halogens is 1. The smallest absolute Gasteiger partial charge is 0.353 e. The van der Waals surface area contributed by atoms with Gasteiger partial charge in [0.2, 0.25) is 11.6 Å². The summed E-state index contributed by atoms with van der Waals surface area (Å²) in [5.41, 5.74) is 0.799. The van der Waals surface area contributed by atoms with Crippen molar-refractivity contribution in [3.63, 3.8) is 0 Å². The maximum atomic E-state index is 11.6. The first-order chi connectivity index (χ1) is 12.6. The van der Waals surface area contributed by atoms with Gasteiger partial charge >= 0.3 is 5.69 Å². The van der Waals surface area contributed by atoms with Crippen LogP contribution in [0.25, 0.3) is 0 Å². The van der Waals surface area contributed by atoms with Crippen LogP contribution in [0.2, 0.25) is 5.02 Å². The molecule has 1 aromatic heterocycles. The molecule has 0 radical (unpaired) electrons. The molecule has 9 heteroatoms. The molecule has 132 valence electrons. The molecule has 3 aromatic rings. The predicted molar refractivity (Wildman–Crippen MR) is 99.7 cm³/mol. The summed E-state index contributed by atoms with van der Waals surface area (Å²) >= 11 is 6.10. The molecule has 0 atom stereocenters. The zero-order chi connectivity index (χ0) is 18.5. The molecule has 0 spiro atoms. The lowest BCUT2D eigenvalue weighted by molar-refractivity contribution is -0.383. The number of benzene rings is 2. The molecule has 0 aliphatic heterocycles. The second-order valence-electron chi connectivity index (χ2n) is 5.14. The number of hydrogen-bond acceptors (Lipinski definition) is 7. The van der Waals surface area contributed by atoms with Crippen LogP contribution in [0.1, 0.15) is 0 Å². The Hall–Kier alpha value is -3.39. The molecule has 0 bridgehead atoms. The van der Waals surface area contributed by atoms with Crippen LogP contribution in [0, 0.1) is 10.1 Å². The molecule has 2 N–H and O–H groups in total. The van der Waals surface area contributed by atoms with E-state index in [1.54, 1.807) is 48.5 Å². The number of methoxy groups -OCH3 is 1. The average Bonchev–Trinajstić information content (AvgIpc) is 2.63. The quantitative estimate of drug-likeness (QED) is 0.484. The first-order valence-corrected chi connectivity index (χ1v) is 7.88. The van der Waals surface area contributed by atoms with E-state index in [4.69, 9.17) is 16.3 Å². The molecule has 0 aliphatic carbocycles. The van der Waals surface area contributed by atoms with Crippen LogP contribution in [0.3, 0.4) is 0 Å². The van der Waals surface area contributed by atoms with Gasteiger partial charge in [-0.25, -0.2) is 9.97 Å². The molecule has 0 fully saturated rings.